The number of methoxy groups -OCH3 is 1. The van der Waals surface area contributed by atoms with Crippen LogP contribution >= 0.6 is 0 Å². The van der Waals surface area contributed by atoms with Crippen molar-refractivity contribution in [2.75, 3.05) is 25.5 Å². The maximum atomic E-state index is 13.0. The van der Waals surface area contributed by atoms with Crippen molar-refractivity contribution in [2.45, 2.75) is 37.7 Å². The highest BCUT2D eigenvalue weighted by Gasteiger charge is 2.31. The van der Waals surface area contributed by atoms with Crippen LogP contribution < -0.4 is 10.1 Å². The van der Waals surface area contributed by atoms with Crippen molar-refractivity contribution in [3.05, 3.63) is 53.6 Å². The Labute approximate surface area is 182 Å². The summed E-state index contributed by atoms with van der Waals surface area (Å²) in [5.41, 5.74) is 1.66. The molecule has 0 saturated carbocycles. The predicted molar refractivity (Wildman–Crippen MR) is 116 cm³/mol. The van der Waals surface area contributed by atoms with Crippen LogP contribution in [0.15, 0.2) is 47.4 Å². The van der Waals surface area contributed by atoms with Gasteiger partial charge in [-0.3, -0.25) is 4.79 Å². The zero-order valence-corrected chi connectivity index (χ0v) is 18.6. The predicted octanol–water partition coefficient (Wildman–Crippen LogP) is 2.97. The largest absolute Gasteiger partial charge is 0.495 e. The summed E-state index contributed by atoms with van der Waals surface area (Å²) in [5, 5.41) is 2.68. The summed E-state index contributed by atoms with van der Waals surface area (Å²) < 4.78 is 37.8. The van der Waals surface area contributed by atoms with E-state index in [1.54, 1.807) is 12.1 Å². The Morgan fingerprint density at radius 2 is 1.71 bits per heavy atom. The van der Waals surface area contributed by atoms with Gasteiger partial charge in [-0.1, -0.05) is 17.7 Å². The lowest BCUT2D eigenvalue weighted by Crippen LogP contribution is -2.30. The number of carbonyl (C=O) groups excluding carboxylic acids is 2. The van der Waals surface area contributed by atoms with E-state index in [1.165, 1.54) is 36.5 Å². The quantitative estimate of drug-likeness (QED) is 0.656. The van der Waals surface area contributed by atoms with Gasteiger partial charge in [0, 0.05) is 18.8 Å². The Morgan fingerprint density at radius 1 is 1.06 bits per heavy atom. The second-order valence-corrected chi connectivity index (χ2v) is 9.29. The van der Waals surface area contributed by atoms with Gasteiger partial charge in [0.05, 0.1) is 12.7 Å². The van der Waals surface area contributed by atoms with Crippen molar-refractivity contribution in [1.29, 1.82) is 0 Å². The van der Waals surface area contributed by atoms with Crippen molar-refractivity contribution in [3.8, 4) is 5.75 Å². The van der Waals surface area contributed by atoms with Gasteiger partial charge in [-0.15, -0.1) is 0 Å². The molecule has 0 spiro atoms. The van der Waals surface area contributed by atoms with Gasteiger partial charge in [-0.25, -0.2) is 13.2 Å². The minimum absolute atomic E-state index is 0.0218. The van der Waals surface area contributed by atoms with Crippen molar-refractivity contribution in [1.82, 2.24) is 4.31 Å². The topological polar surface area (TPSA) is 102 Å². The number of sulfonamides is 1. The van der Waals surface area contributed by atoms with Gasteiger partial charge in [0.15, 0.2) is 6.10 Å². The molecule has 8 nitrogen and oxygen atoms in total. The number of anilines is 1. The van der Waals surface area contributed by atoms with Gasteiger partial charge in [-0.2, -0.15) is 4.31 Å². The molecule has 1 heterocycles. The third-order valence-electron chi connectivity index (χ3n) is 5.05. The van der Waals surface area contributed by atoms with Crippen LogP contribution in [-0.2, 0) is 19.6 Å². The minimum atomic E-state index is -3.81. The van der Waals surface area contributed by atoms with Crippen molar-refractivity contribution in [2.24, 2.45) is 0 Å². The minimum Gasteiger partial charge on any atom is -0.495 e. The maximum Gasteiger partial charge on any atom is 0.338 e. The molecular formula is C22H26N2O6S. The summed E-state index contributed by atoms with van der Waals surface area (Å²) >= 11 is 0. The first kappa shape index (κ1) is 22.8. The van der Waals surface area contributed by atoms with Gasteiger partial charge in [-0.05, 0) is 57.0 Å². The molecule has 0 unspecified atom stereocenters. The lowest BCUT2D eigenvalue weighted by molar-refractivity contribution is -0.123. The Bertz CT molecular complexity index is 1060. The molecule has 9 heteroatoms. The van der Waals surface area contributed by atoms with Crippen LogP contribution in [0.1, 0.15) is 35.7 Å². The van der Waals surface area contributed by atoms with Crippen LogP contribution in [0.3, 0.4) is 0 Å². The third-order valence-corrected chi connectivity index (χ3v) is 6.97. The summed E-state index contributed by atoms with van der Waals surface area (Å²) in [5.74, 6) is -1.14. The van der Waals surface area contributed by atoms with Crippen molar-refractivity contribution >= 4 is 27.6 Å². The van der Waals surface area contributed by atoms with Crippen LogP contribution in [0.5, 0.6) is 5.75 Å². The van der Waals surface area contributed by atoms with E-state index >= 15 is 0 Å². The molecule has 1 fully saturated rings. The molecule has 0 aliphatic carbocycles. The first-order valence-corrected chi connectivity index (χ1v) is 11.4. The summed E-state index contributed by atoms with van der Waals surface area (Å²) in [6.07, 6.45) is 0.503. The molecule has 3 rings (SSSR count). The number of rotatable bonds is 7. The summed E-state index contributed by atoms with van der Waals surface area (Å²) in [6, 6.07) is 11.3. The normalized spacial score (nSPS) is 15.3. The van der Waals surface area contributed by atoms with Crippen LogP contribution in [0, 0.1) is 6.92 Å². The zero-order valence-electron chi connectivity index (χ0n) is 17.8. The molecule has 1 aliphatic heterocycles. The average Bonchev–Trinajstić information content (AvgIpc) is 3.30. The Balaban J connectivity index is 1.75. The number of carbonyl (C=O) groups is 2. The molecule has 0 bridgehead atoms. The number of ether oxygens (including phenoxy) is 2. The Morgan fingerprint density at radius 3 is 2.32 bits per heavy atom. The van der Waals surface area contributed by atoms with E-state index in [2.05, 4.69) is 5.32 Å². The van der Waals surface area contributed by atoms with E-state index in [0.29, 0.717) is 18.8 Å². The van der Waals surface area contributed by atoms with Crippen LogP contribution in [0.25, 0.3) is 0 Å². The molecule has 1 aliphatic rings. The van der Waals surface area contributed by atoms with Crippen LogP contribution in [0.4, 0.5) is 5.69 Å². The fraction of sp³-hybridized carbons (Fsp3) is 0.364. The highest BCUT2D eigenvalue weighted by molar-refractivity contribution is 7.89. The number of benzene rings is 2. The Kier molecular flexibility index (Phi) is 6.97. The number of esters is 1. The van der Waals surface area contributed by atoms with E-state index in [4.69, 9.17) is 9.47 Å². The van der Waals surface area contributed by atoms with E-state index < -0.39 is 28.0 Å². The fourth-order valence-corrected chi connectivity index (χ4v) is 4.93. The number of aryl methyl sites for hydroxylation is 1. The SMILES string of the molecule is COc1ccc(C(=O)O[C@@H](C)C(=O)Nc2ccc(C)cc2)cc1S(=O)(=O)N1CCCC1. The summed E-state index contributed by atoms with van der Waals surface area (Å²) in [7, 11) is -2.44. The monoisotopic (exact) mass is 446 g/mol. The summed E-state index contributed by atoms with van der Waals surface area (Å²) in [6.45, 7) is 4.24. The van der Waals surface area contributed by atoms with Crippen LogP contribution in [-0.4, -0.2) is 50.9 Å². The molecule has 31 heavy (non-hydrogen) atoms. The molecule has 1 saturated heterocycles. The fourth-order valence-electron chi connectivity index (χ4n) is 3.24. The molecule has 2 aromatic carbocycles. The first-order chi connectivity index (χ1) is 14.7. The van der Waals surface area contributed by atoms with Gasteiger partial charge in [0.1, 0.15) is 10.6 Å². The Hall–Kier alpha value is -2.91. The van der Waals surface area contributed by atoms with E-state index in [-0.39, 0.29) is 16.2 Å². The molecule has 2 aromatic rings. The van der Waals surface area contributed by atoms with Gasteiger partial charge < -0.3 is 14.8 Å². The molecule has 0 aromatic heterocycles. The molecule has 1 N–H and O–H groups in total. The number of nitrogens with zero attached hydrogens (tertiary/aromatic N) is 1. The van der Waals surface area contributed by atoms with E-state index in [9.17, 15) is 18.0 Å². The van der Waals surface area contributed by atoms with Crippen LogP contribution in [0.2, 0.25) is 0 Å². The molecule has 166 valence electrons. The molecule has 1 amide bonds. The number of amides is 1. The lowest BCUT2D eigenvalue weighted by Gasteiger charge is -2.18. The smallest absolute Gasteiger partial charge is 0.338 e. The summed E-state index contributed by atoms with van der Waals surface area (Å²) in [4.78, 5) is 24.9. The maximum absolute atomic E-state index is 13.0. The third kappa shape index (κ3) is 5.23. The molecular weight excluding hydrogens is 420 g/mol. The highest BCUT2D eigenvalue weighted by atomic mass is 32.2. The second kappa shape index (κ2) is 9.49. The van der Waals surface area contributed by atoms with E-state index in [1.807, 2.05) is 19.1 Å². The average molecular weight is 447 g/mol. The van der Waals surface area contributed by atoms with Crippen molar-refractivity contribution in [3.63, 3.8) is 0 Å². The molecule has 0 radical (unpaired) electrons. The first-order valence-electron chi connectivity index (χ1n) is 9.99. The molecule has 1 atom stereocenters. The number of hydrogen-bond donors (Lipinski definition) is 1. The van der Waals surface area contributed by atoms with E-state index in [0.717, 1.165) is 18.4 Å². The highest BCUT2D eigenvalue weighted by Crippen LogP contribution is 2.30. The van der Waals surface area contributed by atoms with Crippen molar-refractivity contribution < 1.29 is 27.5 Å². The number of nitrogens with one attached hydrogen (secondary N) is 1. The van der Waals surface area contributed by atoms with Gasteiger partial charge >= 0.3 is 5.97 Å². The van der Waals surface area contributed by atoms with Gasteiger partial charge in [0.2, 0.25) is 10.0 Å². The van der Waals surface area contributed by atoms with Gasteiger partial charge in [0.25, 0.3) is 5.91 Å². The zero-order chi connectivity index (χ0) is 22.6. The lowest BCUT2D eigenvalue weighted by atomic mass is 10.2. The number of hydrogen-bond acceptors (Lipinski definition) is 6. The standard InChI is InChI=1S/C22H26N2O6S/c1-15-6-9-18(10-7-15)23-21(25)16(2)30-22(26)17-8-11-19(29-3)20(14-17)31(27,28)24-12-4-5-13-24/h6-11,14,16H,4-5,12-13H2,1-3H3,(H,23,25)/t16-/m0/s1. The second-order valence-electron chi connectivity index (χ2n) is 7.38.